The summed E-state index contributed by atoms with van der Waals surface area (Å²) in [5, 5.41) is 4.11. The van der Waals surface area contributed by atoms with Crippen molar-refractivity contribution in [2.24, 2.45) is 0 Å². The van der Waals surface area contributed by atoms with Crippen LogP contribution in [0, 0.1) is 0 Å². The second kappa shape index (κ2) is 4.39. The zero-order valence-electron chi connectivity index (χ0n) is 8.09. The van der Waals surface area contributed by atoms with Crippen molar-refractivity contribution < 1.29 is 4.74 Å². The summed E-state index contributed by atoms with van der Waals surface area (Å²) < 4.78 is 7.60. The normalized spacial score (nSPS) is 10.3. The average Bonchev–Trinajstić information content (AvgIpc) is 2.68. The Morgan fingerprint density at radius 1 is 1.33 bits per heavy atom. The molecule has 0 N–H and O–H groups in total. The van der Waals surface area contributed by atoms with Gasteiger partial charge in [0.1, 0.15) is 4.60 Å². The summed E-state index contributed by atoms with van der Waals surface area (Å²) in [5.74, 6) is 1.38. The molecule has 0 saturated carbocycles. The van der Waals surface area contributed by atoms with E-state index < -0.39 is 0 Å². The average molecular weight is 269 g/mol. The van der Waals surface area contributed by atoms with Crippen molar-refractivity contribution in [3.05, 3.63) is 29.4 Å². The van der Waals surface area contributed by atoms with Gasteiger partial charge in [-0.1, -0.05) is 0 Å². The largest absolute Gasteiger partial charge is 0.491 e. The van der Waals surface area contributed by atoms with Crippen LogP contribution in [0.1, 0.15) is 6.92 Å². The van der Waals surface area contributed by atoms with Gasteiger partial charge in [0.15, 0.2) is 11.6 Å². The summed E-state index contributed by atoms with van der Waals surface area (Å²) in [5.41, 5.74) is 0. The van der Waals surface area contributed by atoms with Gasteiger partial charge in [-0.05, 0) is 22.9 Å². The standard InChI is InChI=1S/C9H9BrN4O/c1-2-15-7-3-13-14(6-7)9-5-11-8(10)4-12-9/h3-6H,2H2,1H3. The van der Waals surface area contributed by atoms with Crippen molar-refractivity contribution in [1.82, 2.24) is 19.7 Å². The first kappa shape index (κ1) is 10.1. The lowest BCUT2D eigenvalue weighted by molar-refractivity contribution is 0.340. The molecule has 0 aliphatic carbocycles. The Morgan fingerprint density at radius 2 is 2.20 bits per heavy atom. The molecule has 0 amide bonds. The Hall–Kier alpha value is -1.43. The van der Waals surface area contributed by atoms with Crippen molar-refractivity contribution in [2.75, 3.05) is 6.61 Å². The number of ether oxygens (including phenoxy) is 1. The predicted octanol–water partition coefficient (Wildman–Crippen LogP) is 1.82. The molecule has 2 heterocycles. The van der Waals surface area contributed by atoms with Gasteiger partial charge in [0.2, 0.25) is 0 Å². The number of nitrogens with zero attached hydrogens (tertiary/aromatic N) is 4. The van der Waals surface area contributed by atoms with Gasteiger partial charge in [0.05, 0.1) is 31.4 Å². The Morgan fingerprint density at radius 3 is 2.87 bits per heavy atom. The molecular formula is C9H9BrN4O. The number of hydrogen-bond acceptors (Lipinski definition) is 4. The molecule has 2 aromatic rings. The summed E-state index contributed by atoms with van der Waals surface area (Å²) in [6.45, 7) is 2.55. The van der Waals surface area contributed by atoms with E-state index in [0.717, 1.165) is 5.75 Å². The van der Waals surface area contributed by atoms with Gasteiger partial charge in [0.25, 0.3) is 0 Å². The third-order valence-electron chi connectivity index (χ3n) is 1.71. The molecule has 0 aromatic carbocycles. The third kappa shape index (κ3) is 2.33. The molecule has 78 valence electrons. The van der Waals surface area contributed by atoms with Crippen LogP contribution in [0.5, 0.6) is 5.75 Å². The van der Waals surface area contributed by atoms with E-state index >= 15 is 0 Å². The quantitative estimate of drug-likeness (QED) is 0.852. The summed E-state index contributed by atoms with van der Waals surface area (Å²) in [6.07, 6.45) is 6.67. The topological polar surface area (TPSA) is 52.8 Å². The zero-order chi connectivity index (χ0) is 10.7. The predicted molar refractivity (Wildman–Crippen MR) is 58.0 cm³/mol. The summed E-state index contributed by atoms with van der Waals surface area (Å²) in [6, 6.07) is 0. The Balaban J connectivity index is 2.25. The molecule has 0 unspecified atom stereocenters. The van der Waals surface area contributed by atoms with E-state index in [1.807, 2.05) is 6.92 Å². The highest BCUT2D eigenvalue weighted by atomic mass is 79.9. The molecule has 0 spiro atoms. The fourth-order valence-electron chi connectivity index (χ4n) is 1.10. The second-order valence-corrected chi connectivity index (χ2v) is 3.56. The van der Waals surface area contributed by atoms with E-state index in [2.05, 4.69) is 31.0 Å². The van der Waals surface area contributed by atoms with Crippen LogP contribution in [0.3, 0.4) is 0 Å². The lowest BCUT2D eigenvalue weighted by Gasteiger charge is -1.98. The molecule has 0 atom stereocenters. The smallest absolute Gasteiger partial charge is 0.172 e. The molecule has 0 fully saturated rings. The molecule has 0 bridgehead atoms. The first-order valence-electron chi connectivity index (χ1n) is 4.45. The SMILES string of the molecule is CCOc1cnn(-c2cnc(Br)cn2)c1. The van der Waals surface area contributed by atoms with Crippen molar-refractivity contribution in [3.8, 4) is 11.6 Å². The third-order valence-corrected chi connectivity index (χ3v) is 2.12. The fraction of sp³-hybridized carbons (Fsp3) is 0.222. The fourth-order valence-corrected chi connectivity index (χ4v) is 1.30. The van der Waals surface area contributed by atoms with E-state index in [9.17, 15) is 0 Å². The molecule has 6 heteroatoms. The number of hydrogen-bond donors (Lipinski definition) is 0. The van der Waals surface area contributed by atoms with Crippen molar-refractivity contribution in [3.63, 3.8) is 0 Å². The van der Waals surface area contributed by atoms with Crippen LogP contribution in [0.2, 0.25) is 0 Å². The molecule has 0 aliphatic rings. The Labute approximate surface area is 95.2 Å². The maximum absolute atomic E-state index is 5.29. The highest BCUT2D eigenvalue weighted by Gasteiger charge is 2.02. The summed E-state index contributed by atoms with van der Waals surface area (Å²) >= 11 is 3.22. The lowest BCUT2D eigenvalue weighted by Crippen LogP contribution is -1.98. The van der Waals surface area contributed by atoms with Gasteiger partial charge in [-0.25, -0.2) is 14.6 Å². The first-order chi connectivity index (χ1) is 7.29. The maximum atomic E-state index is 5.29. The van der Waals surface area contributed by atoms with Crippen molar-refractivity contribution in [2.45, 2.75) is 6.92 Å². The minimum atomic E-state index is 0.623. The Bertz CT molecular complexity index is 440. The van der Waals surface area contributed by atoms with Gasteiger partial charge >= 0.3 is 0 Å². The molecule has 0 saturated heterocycles. The summed E-state index contributed by atoms with van der Waals surface area (Å²) in [7, 11) is 0. The van der Waals surface area contributed by atoms with E-state index in [1.165, 1.54) is 0 Å². The van der Waals surface area contributed by atoms with Gasteiger partial charge in [-0.15, -0.1) is 0 Å². The van der Waals surface area contributed by atoms with Crippen LogP contribution < -0.4 is 4.74 Å². The van der Waals surface area contributed by atoms with Crippen LogP contribution in [0.4, 0.5) is 0 Å². The number of aromatic nitrogens is 4. The van der Waals surface area contributed by atoms with Crippen LogP contribution in [-0.4, -0.2) is 26.4 Å². The maximum Gasteiger partial charge on any atom is 0.172 e. The monoisotopic (exact) mass is 268 g/mol. The minimum Gasteiger partial charge on any atom is -0.491 e. The van der Waals surface area contributed by atoms with Crippen LogP contribution in [-0.2, 0) is 0 Å². The molecule has 15 heavy (non-hydrogen) atoms. The van der Waals surface area contributed by atoms with Crippen LogP contribution in [0.15, 0.2) is 29.4 Å². The van der Waals surface area contributed by atoms with E-state index in [1.54, 1.807) is 29.5 Å². The molecule has 5 nitrogen and oxygen atoms in total. The molecule has 2 aromatic heterocycles. The first-order valence-corrected chi connectivity index (χ1v) is 5.24. The molecule has 0 radical (unpaired) electrons. The number of halogens is 1. The van der Waals surface area contributed by atoms with E-state index in [4.69, 9.17) is 4.74 Å². The highest BCUT2D eigenvalue weighted by Crippen LogP contribution is 2.12. The summed E-state index contributed by atoms with van der Waals surface area (Å²) in [4.78, 5) is 8.22. The van der Waals surface area contributed by atoms with Crippen molar-refractivity contribution >= 4 is 15.9 Å². The van der Waals surface area contributed by atoms with Gasteiger partial charge in [-0.2, -0.15) is 5.10 Å². The number of rotatable bonds is 3. The molecule has 2 rings (SSSR count). The lowest BCUT2D eigenvalue weighted by atomic mass is 10.6. The minimum absolute atomic E-state index is 0.623. The van der Waals surface area contributed by atoms with Gasteiger partial charge < -0.3 is 4.74 Å². The van der Waals surface area contributed by atoms with E-state index in [-0.39, 0.29) is 0 Å². The van der Waals surface area contributed by atoms with E-state index in [0.29, 0.717) is 17.0 Å². The molecule has 0 aliphatic heterocycles. The van der Waals surface area contributed by atoms with Crippen LogP contribution >= 0.6 is 15.9 Å². The van der Waals surface area contributed by atoms with Crippen molar-refractivity contribution in [1.29, 1.82) is 0 Å². The van der Waals surface area contributed by atoms with Gasteiger partial charge in [-0.3, -0.25) is 0 Å². The Kier molecular flexibility index (Phi) is 2.96. The second-order valence-electron chi connectivity index (χ2n) is 2.75. The van der Waals surface area contributed by atoms with Crippen LogP contribution in [0.25, 0.3) is 5.82 Å². The van der Waals surface area contributed by atoms with Gasteiger partial charge in [0, 0.05) is 0 Å². The highest BCUT2D eigenvalue weighted by molar-refractivity contribution is 9.10. The molecular weight excluding hydrogens is 260 g/mol. The zero-order valence-corrected chi connectivity index (χ0v) is 9.68.